The van der Waals surface area contributed by atoms with Gasteiger partial charge in [-0.3, -0.25) is 14.5 Å². The van der Waals surface area contributed by atoms with Crippen LogP contribution in [-0.4, -0.2) is 61.5 Å². The first-order valence-corrected chi connectivity index (χ1v) is 12.9. The van der Waals surface area contributed by atoms with E-state index in [1.165, 1.54) is 41.2 Å². The van der Waals surface area contributed by atoms with Gasteiger partial charge in [0.25, 0.3) is 5.91 Å². The monoisotopic (exact) mass is 560 g/mol. The summed E-state index contributed by atoms with van der Waals surface area (Å²) in [6.45, 7) is 4.90. The van der Waals surface area contributed by atoms with Crippen molar-refractivity contribution >= 4 is 29.4 Å². The average Bonchev–Trinajstić information content (AvgIpc) is 3.07. The van der Waals surface area contributed by atoms with Crippen molar-refractivity contribution < 1.29 is 38.1 Å². The molecule has 214 valence electrons. The summed E-state index contributed by atoms with van der Waals surface area (Å²) in [6, 6.07) is 18.4. The summed E-state index contributed by atoms with van der Waals surface area (Å²) in [5, 5.41) is 0. The Bertz CT molecular complexity index is 1460. The Morgan fingerprint density at radius 2 is 1.68 bits per heavy atom. The molecule has 0 N–H and O–H groups in total. The summed E-state index contributed by atoms with van der Waals surface area (Å²) in [6.07, 6.45) is 0. The summed E-state index contributed by atoms with van der Waals surface area (Å²) in [7, 11) is 2.90. The van der Waals surface area contributed by atoms with Crippen LogP contribution < -0.4 is 14.4 Å². The minimum absolute atomic E-state index is 0.0189. The second kappa shape index (κ2) is 12.1. The first kappa shape index (κ1) is 29.1. The number of ether oxygens (including phenoxy) is 4. The van der Waals surface area contributed by atoms with Crippen LogP contribution >= 0.6 is 0 Å². The summed E-state index contributed by atoms with van der Waals surface area (Å²) >= 11 is 0. The zero-order valence-corrected chi connectivity index (χ0v) is 23.6. The molecule has 0 aromatic heterocycles. The van der Waals surface area contributed by atoms with Gasteiger partial charge >= 0.3 is 11.9 Å². The molecule has 10 nitrogen and oxygen atoms in total. The largest absolute Gasteiger partial charge is 0.481 e. The van der Waals surface area contributed by atoms with E-state index in [2.05, 4.69) is 0 Å². The number of methoxy groups -OCH3 is 1. The fourth-order valence-electron chi connectivity index (χ4n) is 4.04. The van der Waals surface area contributed by atoms with E-state index in [-0.39, 0.29) is 53.1 Å². The minimum atomic E-state index is -0.627. The molecule has 1 aliphatic rings. The number of carbonyl (C=O) groups is 4. The number of rotatable bonds is 8. The van der Waals surface area contributed by atoms with E-state index in [0.717, 1.165) is 5.56 Å². The Labute approximate surface area is 238 Å². The highest BCUT2D eigenvalue weighted by molar-refractivity contribution is 6.14. The summed E-state index contributed by atoms with van der Waals surface area (Å²) in [5.41, 5.74) is 0.713. The molecule has 0 aliphatic carbocycles. The standard InChI is InChI=1S/C31H32N2O8/c1-31(2,3)32(4)26(34)17-33-22-16-21(30(37)38-5)14-15-23(22)41-25-13-9-12-24(28(25)29(33)36)39-19-27(35)40-18-20-10-7-6-8-11-20/h6-16H,17-19H2,1-5H3. The number of carbonyl (C=O) groups excluding carboxylic acids is 4. The van der Waals surface area contributed by atoms with Crippen molar-refractivity contribution in [3.63, 3.8) is 0 Å². The first-order valence-electron chi connectivity index (χ1n) is 12.9. The van der Waals surface area contributed by atoms with Gasteiger partial charge in [0.1, 0.15) is 30.2 Å². The van der Waals surface area contributed by atoms with Gasteiger partial charge in [0, 0.05) is 12.6 Å². The number of fused-ring (bicyclic) bond motifs is 2. The van der Waals surface area contributed by atoms with Crippen molar-refractivity contribution in [1.29, 1.82) is 0 Å². The zero-order valence-electron chi connectivity index (χ0n) is 23.6. The van der Waals surface area contributed by atoms with Crippen molar-refractivity contribution in [2.24, 2.45) is 0 Å². The maximum atomic E-state index is 14.1. The van der Waals surface area contributed by atoms with E-state index < -0.39 is 30.0 Å². The van der Waals surface area contributed by atoms with Gasteiger partial charge in [-0.1, -0.05) is 36.4 Å². The molecule has 3 aromatic carbocycles. The molecule has 3 aromatic rings. The fourth-order valence-corrected chi connectivity index (χ4v) is 4.04. The highest BCUT2D eigenvalue weighted by Gasteiger charge is 2.35. The Balaban J connectivity index is 1.65. The van der Waals surface area contributed by atoms with E-state index in [1.807, 2.05) is 51.1 Å². The van der Waals surface area contributed by atoms with E-state index in [1.54, 1.807) is 19.2 Å². The number of benzene rings is 3. The third-order valence-corrected chi connectivity index (χ3v) is 6.60. The Kier molecular flexibility index (Phi) is 8.61. The predicted octanol–water partition coefficient (Wildman–Crippen LogP) is 4.60. The minimum Gasteiger partial charge on any atom is -0.481 e. The van der Waals surface area contributed by atoms with Crippen LogP contribution in [0.3, 0.4) is 0 Å². The lowest BCUT2D eigenvalue weighted by Gasteiger charge is -2.34. The molecular formula is C31H32N2O8. The van der Waals surface area contributed by atoms with Gasteiger partial charge in [-0.25, -0.2) is 9.59 Å². The lowest BCUT2D eigenvalue weighted by molar-refractivity contribution is -0.147. The van der Waals surface area contributed by atoms with Gasteiger partial charge in [-0.15, -0.1) is 0 Å². The van der Waals surface area contributed by atoms with Crippen LogP contribution in [0.4, 0.5) is 5.69 Å². The Morgan fingerprint density at radius 3 is 2.37 bits per heavy atom. The second-order valence-corrected chi connectivity index (χ2v) is 10.4. The number of hydrogen-bond acceptors (Lipinski definition) is 8. The fraction of sp³-hybridized carbons (Fsp3) is 0.290. The van der Waals surface area contributed by atoms with E-state index in [0.29, 0.717) is 0 Å². The second-order valence-electron chi connectivity index (χ2n) is 10.4. The molecule has 0 spiro atoms. The van der Waals surface area contributed by atoms with Crippen LogP contribution in [-0.2, 0) is 25.7 Å². The number of amides is 2. The lowest BCUT2D eigenvalue weighted by Crippen LogP contribution is -2.48. The van der Waals surface area contributed by atoms with Gasteiger partial charge in [0.15, 0.2) is 12.4 Å². The van der Waals surface area contributed by atoms with Crippen molar-refractivity contribution in [2.75, 3.05) is 32.2 Å². The van der Waals surface area contributed by atoms with Crippen molar-refractivity contribution in [1.82, 2.24) is 4.90 Å². The zero-order chi connectivity index (χ0) is 29.7. The van der Waals surface area contributed by atoms with Gasteiger partial charge in [0.05, 0.1) is 18.4 Å². The number of anilines is 1. The molecule has 0 fully saturated rings. The molecule has 0 saturated heterocycles. The van der Waals surface area contributed by atoms with E-state index >= 15 is 0 Å². The SMILES string of the molecule is COC(=O)c1ccc2c(c1)N(CC(=O)N(C)C(C)(C)C)C(=O)c1c(OCC(=O)OCc3ccccc3)cccc1O2. The van der Waals surface area contributed by atoms with Crippen molar-refractivity contribution in [2.45, 2.75) is 32.9 Å². The van der Waals surface area contributed by atoms with Gasteiger partial charge in [-0.2, -0.15) is 0 Å². The van der Waals surface area contributed by atoms with Crippen molar-refractivity contribution in [3.05, 3.63) is 83.4 Å². The molecule has 1 aliphatic heterocycles. The van der Waals surface area contributed by atoms with E-state index in [4.69, 9.17) is 18.9 Å². The van der Waals surface area contributed by atoms with Crippen LogP contribution in [0.2, 0.25) is 0 Å². The smallest absolute Gasteiger partial charge is 0.344 e. The predicted molar refractivity (Wildman–Crippen MR) is 150 cm³/mol. The highest BCUT2D eigenvalue weighted by atomic mass is 16.6. The van der Waals surface area contributed by atoms with Crippen LogP contribution in [0.15, 0.2) is 66.7 Å². The molecule has 10 heteroatoms. The molecule has 2 amide bonds. The molecule has 0 atom stereocenters. The number of esters is 2. The van der Waals surface area contributed by atoms with E-state index in [9.17, 15) is 19.2 Å². The Hall–Kier alpha value is -4.86. The van der Waals surface area contributed by atoms with Crippen LogP contribution in [0.5, 0.6) is 17.2 Å². The number of nitrogens with zero attached hydrogens (tertiary/aromatic N) is 2. The number of likely N-dealkylation sites (N-methyl/N-ethyl adjacent to an activating group) is 1. The molecule has 41 heavy (non-hydrogen) atoms. The Morgan fingerprint density at radius 1 is 0.951 bits per heavy atom. The lowest BCUT2D eigenvalue weighted by atomic mass is 10.1. The average molecular weight is 561 g/mol. The van der Waals surface area contributed by atoms with Gasteiger partial charge in [-0.05, 0) is 56.7 Å². The summed E-state index contributed by atoms with van der Waals surface area (Å²) in [4.78, 5) is 54.9. The molecule has 0 radical (unpaired) electrons. The third-order valence-electron chi connectivity index (χ3n) is 6.60. The topological polar surface area (TPSA) is 112 Å². The first-order chi connectivity index (χ1) is 19.5. The normalized spacial score (nSPS) is 12.3. The van der Waals surface area contributed by atoms with Gasteiger partial charge in [0.2, 0.25) is 5.91 Å². The number of hydrogen-bond donors (Lipinski definition) is 0. The molecular weight excluding hydrogens is 528 g/mol. The van der Waals surface area contributed by atoms with Crippen LogP contribution in [0, 0.1) is 0 Å². The third kappa shape index (κ3) is 6.66. The quantitative estimate of drug-likeness (QED) is 0.368. The van der Waals surface area contributed by atoms with Crippen molar-refractivity contribution in [3.8, 4) is 17.2 Å². The maximum Gasteiger partial charge on any atom is 0.344 e. The maximum absolute atomic E-state index is 14.1. The summed E-state index contributed by atoms with van der Waals surface area (Å²) in [5.74, 6) is -1.70. The molecule has 0 unspecified atom stereocenters. The van der Waals surface area contributed by atoms with Crippen LogP contribution in [0.25, 0.3) is 0 Å². The molecule has 4 rings (SSSR count). The van der Waals surface area contributed by atoms with Crippen LogP contribution in [0.1, 0.15) is 47.1 Å². The molecule has 0 saturated carbocycles. The molecule has 1 heterocycles. The highest BCUT2D eigenvalue weighted by Crippen LogP contribution is 2.42. The van der Waals surface area contributed by atoms with Gasteiger partial charge < -0.3 is 23.8 Å². The molecule has 0 bridgehead atoms. The summed E-state index contributed by atoms with van der Waals surface area (Å²) < 4.78 is 22.0.